The number of pyridine rings is 1. The Morgan fingerprint density at radius 1 is 1.19 bits per heavy atom. The number of carbonyl (C=O) groups is 1. The van der Waals surface area contributed by atoms with Crippen molar-refractivity contribution in [1.82, 2.24) is 15.0 Å². The molecular weight excluding hydrogens is 442 g/mol. The number of benzene rings is 1. The number of ether oxygens (including phenoxy) is 1. The average molecular weight is 468 g/mol. The molecule has 31 heavy (non-hydrogen) atoms. The van der Waals surface area contributed by atoms with Crippen LogP contribution in [0, 0.1) is 0 Å². The highest BCUT2D eigenvalue weighted by molar-refractivity contribution is 7.89. The van der Waals surface area contributed by atoms with E-state index in [-0.39, 0.29) is 29.9 Å². The number of nitrogens with zero attached hydrogens (tertiary/aromatic N) is 1. The van der Waals surface area contributed by atoms with Crippen molar-refractivity contribution in [3.63, 3.8) is 0 Å². The summed E-state index contributed by atoms with van der Waals surface area (Å²) >= 11 is 5.82. The Hall–Kier alpha value is -2.04. The fraction of sp³-hybridized carbons (Fsp3) is 0.429. The lowest BCUT2D eigenvalue weighted by atomic mass is 9.98. The van der Waals surface area contributed by atoms with Crippen molar-refractivity contribution in [2.45, 2.75) is 48.8 Å². The Morgan fingerprint density at radius 3 is 2.65 bits per heavy atom. The van der Waals surface area contributed by atoms with Gasteiger partial charge in [-0.25, -0.2) is 13.1 Å². The Balaban J connectivity index is 1.46. The molecule has 1 aromatic heterocycles. The summed E-state index contributed by atoms with van der Waals surface area (Å²) in [6.07, 6.45) is 2.71. The molecule has 0 spiro atoms. The van der Waals surface area contributed by atoms with Gasteiger partial charge in [-0.15, -0.1) is 0 Å². The van der Waals surface area contributed by atoms with Crippen LogP contribution in [0.5, 0.6) is 0 Å². The molecule has 2 aromatic rings. The van der Waals surface area contributed by atoms with Gasteiger partial charge in [0.1, 0.15) is 0 Å². The van der Waals surface area contributed by atoms with Gasteiger partial charge in [-0.1, -0.05) is 17.7 Å². The SMILES string of the molecule is O=C(Cc1ccccn1)NCC[C@H]1CC[C@H](NS(=O)(=O)c2ccc(Cl)cc2)[C@H](CO)O1. The molecule has 1 aliphatic heterocycles. The first kappa shape index (κ1) is 23.6. The Bertz CT molecular complexity index is 957. The number of hydrogen-bond acceptors (Lipinski definition) is 6. The zero-order chi connectivity index (χ0) is 22.3. The van der Waals surface area contributed by atoms with Crippen molar-refractivity contribution in [3.8, 4) is 0 Å². The van der Waals surface area contributed by atoms with E-state index < -0.39 is 22.2 Å². The molecular formula is C21H26ClN3O5S. The topological polar surface area (TPSA) is 118 Å². The van der Waals surface area contributed by atoms with E-state index in [4.69, 9.17) is 16.3 Å². The second kappa shape index (κ2) is 11.0. The molecule has 3 atom stereocenters. The average Bonchev–Trinajstić information content (AvgIpc) is 2.75. The van der Waals surface area contributed by atoms with Gasteiger partial charge in [0.05, 0.1) is 36.2 Å². The second-order valence-electron chi connectivity index (χ2n) is 7.37. The van der Waals surface area contributed by atoms with Crippen LogP contribution in [-0.2, 0) is 26.0 Å². The highest BCUT2D eigenvalue weighted by Gasteiger charge is 2.33. The minimum absolute atomic E-state index is 0.103. The maximum atomic E-state index is 12.6. The third kappa shape index (κ3) is 6.98. The molecule has 0 unspecified atom stereocenters. The number of aliphatic hydroxyl groups is 1. The van der Waals surface area contributed by atoms with Crippen LogP contribution in [0.2, 0.25) is 5.02 Å². The predicted octanol–water partition coefficient (Wildman–Crippen LogP) is 1.67. The zero-order valence-electron chi connectivity index (χ0n) is 16.9. The molecule has 8 nitrogen and oxygen atoms in total. The van der Waals surface area contributed by atoms with E-state index in [0.717, 1.165) is 0 Å². The van der Waals surface area contributed by atoms with Crippen LogP contribution >= 0.6 is 11.6 Å². The molecule has 1 fully saturated rings. The Labute approximate surface area is 187 Å². The number of carbonyl (C=O) groups excluding carboxylic acids is 1. The van der Waals surface area contributed by atoms with E-state index >= 15 is 0 Å². The fourth-order valence-corrected chi connectivity index (χ4v) is 4.89. The van der Waals surface area contributed by atoms with Crippen molar-refractivity contribution in [3.05, 3.63) is 59.4 Å². The van der Waals surface area contributed by atoms with E-state index in [0.29, 0.717) is 36.5 Å². The van der Waals surface area contributed by atoms with E-state index in [1.165, 1.54) is 24.3 Å². The Morgan fingerprint density at radius 2 is 1.97 bits per heavy atom. The highest BCUT2D eigenvalue weighted by atomic mass is 35.5. The van der Waals surface area contributed by atoms with Gasteiger partial charge in [0.2, 0.25) is 15.9 Å². The van der Waals surface area contributed by atoms with Gasteiger partial charge < -0.3 is 15.2 Å². The summed E-state index contributed by atoms with van der Waals surface area (Å²) < 4.78 is 33.7. The lowest BCUT2D eigenvalue weighted by Gasteiger charge is -2.36. The Kier molecular flexibility index (Phi) is 8.39. The first-order valence-corrected chi connectivity index (χ1v) is 11.9. The minimum atomic E-state index is -3.76. The molecule has 3 N–H and O–H groups in total. The maximum absolute atomic E-state index is 12.6. The van der Waals surface area contributed by atoms with Gasteiger partial charge in [0, 0.05) is 23.5 Å². The third-order valence-corrected chi connectivity index (χ3v) is 6.84. The van der Waals surface area contributed by atoms with Gasteiger partial charge in [-0.3, -0.25) is 9.78 Å². The summed E-state index contributed by atoms with van der Waals surface area (Å²) in [7, 11) is -3.76. The largest absolute Gasteiger partial charge is 0.394 e. The summed E-state index contributed by atoms with van der Waals surface area (Å²) in [5.74, 6) is -0.123. The first-order valence-electron chi connectivity index (χ1n) is 10.1. The molecule has 168 valence electrons. The third-order valence-electron chi connectivity index (χ3n) is 5.08. The molecule has 3 rings (SSSR count). The fourth-order valence-electron chi connectivity index (χ4n) is 3.46. The lowest BCUT2D eigenvalue weighted by molar-refractivity contribution is -0.121. The van der Waals surface area contributed by atoms with Gasteiger partial charge in [0.25, 0.3) is 0 Å². The quantitative estimate of drug-likeness (QED) is 0.516. The number of sulfonamides is 1. The molecule has 1 aliphatic rings. The van der Waals surface area contributed by atoms with Crippen molar-refractivity contribution in [2.24, 2.45) is 0 Å². The van der Waals surface area contributed by atoms with E-state index in [1.807, 2.05) is 6.07 Å². The van der Waals surface area contributed by atoms with Crippen LogP contribution in [0.1, 0.15) is 25.0 Å². The first-order chi connectivity index (χ1) is 14.9. The maximum Gasteiger partial charge on any atom is 0.240 e. The van der Waals surface area contributed by atoms with Gasteiger partial charge in [0.15, 0.2) is 0 Å². The van der Waals surface area contributed by atoms with Gasteiger partial charge >= 0.3 is 0 Å². The van der Waals surface area contributed by atoms with Gasteiger partial charge in [-0.2, -0.15) is 0 Å². The lowest BCUT2D eigenvalue weighted by Crippen LogP contribution is -2.51. The standard InChI is InChI=1S/C21H26ClN3O5S/c22-15-4-7-18(8-5-15)31(28,29)25-19-9-6-17(30-20(19)14-26)10-12-24-21(27)13-16-3-1-2-11-23-16/h1-5,7-8,11,17,19-20,25-26H,6,9-10,12-14H2,(H,24,27)/t17-,19+,20+/m1/s1. The number of hydrogen-bond donors (Lipinski definition) is 3. The molecule has 2 heterocycles. The normalized spacial score (nSPS) is 21.5. The summed E-state index contributed by atoms with van der Waals surface area (Å²) in [4.78, 5) is 16.3. The second-order valence-corrected chi connectivity index (χ2v) is 9.53. The minimum Gasteiger partial charge on any atom is -0.394 e. The number of amides is 1. The molecule has 0 radical (unpaired) electrons. The molecule has 0 saturated carbocycles. The molecule has 1 amide bonds. The summed E-state index contributed by atoms with van der Waals surface area (Å²) in [5.41, 5.74) is 0.699. The van der Waals surface area contributed by atoms with Crippen molar-refractivity contribution < 1.29 is 23.1 Å². The summed E-state index contributed by atoms with van der Waals surface area (Å²) in [5, 5.41) is 13.0. The van der Waals surface area contributed by atoms with Crippen LogP contribution in [0.4, 0.5) is 0 Å². The van der Waals surface area contributed by atoms with E-state index in [2.05, 4.69) is 15.0 Å². The number of rotatable bonds is 9. The van der Waals surface area contributed by atoms with Crippen LogP contribution in [0.3, 0.4) is 0 Å². The summed E-state index contributed by atoms with van der Waals surface area (Å²) in [6.45, 7) is 0.117. The molecule has 0 bridgehead atoms. The van der Waals surface area contributed by atoms with E-state index in [9.17, 15) is 18.3 Å². The highest BCUT2D eigenvalue weighted by Crippen LogP contribution is 2.23. The number of aliphatic hydroxyl groups excluding tert-OH is 1. The number of aromatic nitrogens is 1. The van der Waals surface area contributed by atoms with Crippen LogP contribution in [0.15, 0.2) is 53.6 Å². The molecule has 0 aliphatic carbocycles. The molecule has 1 aromatic carbocycles. The number of nitrogens with one attached hydrogen (secondary N) is 2. The number of halogens is 1. The van der Waals surface area contributed by atoms with Crippen molar-refractivity contribution >= 4 is 27.5 Å². The molecule has 1 saturated heterocycles. The smallest absolute Gasteiger partial charge is 0.240 e. The van der Waals surface area contributed by atoms with Crippen LogP contribution < -0.4 is 10.0 Å². The van der Waals surface area contributed by atoms with E-state index in [1.54, 1.807) is 18.3 Å². The summed E-state index contributed by atoms with van der Waals surface area (Å²) in [6, 6.07) is 10.8. The van der Waals surface area contributed by atoms with Crippen LogP contribution in [0.25, 0.3) is 0 Å². The predicted molar refractivity (Wildman–Crippen MR) is 116 cm³/mol. The zero-order valence-corrected chi connectivity index (χ0v) is 18.5. The van der Waals surface area contributed by atoms with Gasteiger partial charge in [-0.05, 0) is 55.7 Å². The monoisotopic (exact) mass is 467 g/mol. The molecule has 10 heteroatoms. The van der Waals surface area contributed by atoms with Crippen molar-refractivity contribution in [1.29, 1.82) is 0 Å². The van der Waals surface area contributed by atoms with Crippen molar-refractivity contribution in [2.75, 3.05) is 13.2 Å². The van der Waals surface area contributed by atoms with Crippen LogP contribution in [-0.4, -0.2) is 55.8 Å².